The van der Waals surface area contributed by atoms with Crippen LogP contribution in [0.4, 0.5) is 11.5 Å². The highest BCUT2D eigenvalue weighted by atomic mass is 16.5. The van der Waals surface area contributed by atoms with Crippen molar-refractivity contribution in [1.29, 1.82) is 5.41 Å². The summed E-state index contributed by atoms with van der Waals surface area (Å²) in [6.07, 6.45) is 7.24. The van der Waals surface area contributed by atoms with Gasteiger partial charge in [-0.25, -0.2) is 4.98 Å². The number of nitrogens with one attached hydrogen (secondary N) is 3. The number of hydrogen-bond donors (Lipinski definition) is 7. The summed E-state index contributed by atoms with van der Waals surface area (Å²) in [6.45, 7) is 6.05. The number of nitrogens with two attached hydrogens (primary N) is 2. The SMILES string of the molecule is CC(=O)O.CC(=O)O.CC(C)Nc1ncc(-c2cc(N)cc(OC3CCCCC3)c2)n(CC(=O)NCc2ccc(C(=N)N)cc2)c1=O. The Morgan fingerprint density at radius 3 is 2.19 bits per heavy atom. The third kappa shape index (κ3) is 13.6. The molecule has 3 aromatic rings. The van der Waals surface area contributed by atoms with Crippen molar-refractivity contribution in [2.45, 2.75) is 85.0 Å². The first-order valence-electron chi connectivity index (χ1n) is 15.2. The lowest BCUT2D eigenvalue weighted by Gasteiger charge is -2.23. The molecule has 0 spiro atoms. The fourth-order valence-corrected chi connectivity index (χ4v) is 4.66. The molecule has 254 valence electrons. The van der Waals surface area contributed by atoms with Gasteiger partial charge in [-0.15, -0.1) is 0 Å². The first-order chi connectivity index (χ1) is 22.2. The average molecular weight is 652 g/mol. The van der Waals surface area contributed by atoms with Gasteiger partial charge in [0.25, 0.3) is 17.5 Å². The maximum absolute atomic E-state index is 13.5. The lowest BCUT2D eigenvalue weighted by Crippen LogP contribution is -2.35. The highest BCUT2D eigenvalue weighted by Crippen LogP contribution is 2.30. The molecule has 1 aromatic heterocycles. The second-order valence-corrected chi connectivity index (χ2v) is 11.3. The molecule has 4 rings (SSSR count). The predicted octanol–water partition coefficient (Wildman–Crippen LogP) is 3.81. The van der Waals surface area contributed by atoms with Gasteiger partial charge in [0.15, 0.2) is 5.82 Å². The molecule has 0 radical (unpaired) electrons. The zero-order chi connectivity index (χ0) is 35.1. The van der Waals surface area contributed by atoms with Gasteiger partial charge < -0.3 is 37.1 Å². The van der Waals surface area contributed by atoms with Crippen molar-refractivity contribution in [1.82, 2.24) is 14.9 Å². The molecule has 14 heteroatoms. The number of carbonyl (C=O) groups is 3. The van der Waals surface area contributed by atoms with Crippen LogP contribution in [-0.2, 0) is 27.5 Å². The van der Waals surface area contributed by atoms with Crippen LogP contribution in [0.2, 0.25) is 0 Å². The van der Waals surface area contributed by atoms with Crippen LogP contribution in [0.25, 0.3) is 11.3 Å². The summed E-state index contributed by atoms with van der Waals surface area (Å²) < 4.78 is 7.64. The van der Waals surface area contributed by atoms with E-state index in [1.807, 2.05) is 19.9 Å². The maximum Gasteiger partial charge on any atom is 0.300 e. The van der Waals surface area contributed by atoms with Crippen molar-refractivity contribution < 1.29 is 29.3 Å². The Morgan fingerprint density at radius 2 is 1.64 bits per heavy atom. The van der Waals surface area contributed by atoms with Gasteiger partial charge in [0.1, 0.15) is 18.1 Å². The van der Waals surface area contributed by atoms with Crippen molar-refractivity contribution in [2.75, 3.05) is 11.1 Å². The number of anilines is 2. The highest BCUT2D eigenvalue weighted by molar-refractivity contribution is 5.94. The van der Waals surface area contributed by atoms with E-state index in [1.54, 1.807) is 42.6 Å². The highest BCUT2D eigenvalue weighted by Gasteiger charge is 2.19. The minimum absolute atomic E-state index is 0.0147. The average Bonchev–Trinajstić information content (AvgIpc) is 2.98. The van der Waals surface area contributed by atoms with Gasteiger partial charge in [-0.05, 0) is 57.2 Å². The first-order valence-corrected chi connectivity index (χ1v) is 15.2. The van der Waals surface area contributed by atoms with Crippen molar-refractivity contribution in [2.24, 2.45) is 5.73 Å². The quantitative estimate of drug-likeness (QED) is 0.0945. The Hall–Kier alpha value is -5.40. The molecule has 0 atom stereocenters. The lowest BCUT2D eigenvalue weighted by molar-refractivity contribution is -0.135. The summed E-state index contributed by atoms with van der Waals surface area (Å²) in [5.74, 6) is -1.21. The Labute approximate surface area is 273 Å². The number of carboxylic acid groups (broad SMARTS) is 2. The standard InChI is InChI=1S/C29H37N7O3.2C2H4O2/c1-18(2)35-28-29(38)36(17-26(37)33-15-19-8-10-20(11-9-19)27(31)32)25(16-34-28)21-12-22(30)14-24(13-21)39-23-6-4-3-5-7-23;2*1-2(3)4/h8-14,16,18,23H,3-7,15,17,30H2,1-2H3,(H3,31,32)(H,33,37)(H,34,35);2*1H3,(H,3,4). The van der Waals surface area contributed by atoms with Gasteiger partial charge in [-0.1, -0.05) is 30.7 Å². The topological polar surface area (TPSA) is 236 Å². The van der Waals surface area contributed by atoms with E-state index in [0.717, 1.165) is 45.1 Å². The fraction of sp³-hybridized carbons (Fsp3) is 0.394. The number of rotatable bonds is 10. The van der Waals surface area contributed by atoms with E-state index in [-0.39, 0.29) is 42.8 Å². The molecule has 0 aliphatic heterocycles. The van der Waals surface area contributed by atoms with Crippen molar-refractivity contribution >= 4 is 35.2 Å². The smallest absolute Gasteiger partial charge is 0.300 e. The third-order valence-electron chi connectivity index (χ3n) is 6.62. The minimum atomic E-state index is -0.833. The monoisotopic (exact) mass is 651 g/mol. The van der Waals surface area contributed by atoms with E-state index in [9.17, 15) is 9.59 Å². The lowest BCUT2D eigenvalue weighted by atomic mass is 9.98. The Balaban J connectivity index is 0.000000862. The molecule has 47 heavy (non-hydrogen) atoms. The number of ether oxygens (including phenoxy) is 1. The van der Waals surface area contributed by atoms with Gasteiger partial charge in [0.2, 0.25) is 5.91 Å². The van der Waals surface area contributed by atoms with Gasteiger partial charge in [-0.2, -0.15) is 0 Å². The third-order valence-corrected chi connectivity index (χ3v) is 6.62. The summed E-state index contributed by atoms with van der Waals surface area (Å²) in [4.78, 5) is 48.8. The summed E-state index contributed by atoms with van der Waals surface area (Å²) in [5.41, 5.74) is 14.4. The van der Waals surface area contributed by atoms with Gasteiger partial charge in [-0.3, -0.25) is 29.2 Å². The molecular weight excluding hydrogens is 606 g/mol. The number of amides is 1. The predicted molar refractivity (Wildman–Crippen MR) is 181 cm³/mol. The van der Waals surface area contributed by atoms with Gasteiger partial charge in [0, 0.05) is 49.3 Å². The molecule has 0 saturated heterocycles. The molecule has 1 saturated carbocycles. The molecule has 0 unspecified atom stereocenters. The Kier molecular flexibility index (Phi) is 14.9. The van der Waals surface area contributed by atoms with Crippen LogP contribution in [0.1, 0.15) is 70.9 Å². The molecule has 14 nitrogen and oxygen atoms in total. The van der Waals surface area contributed by atoms with Crippen LogP contribution in [0.5, 0.6) is 5.75 Å². The van der Waals surface area contributed by atoms with Gasteiger partial charge >= 0.3 is 0 Å². The number of carboxylic acids is 2. The normalized spacial score (nSPS) is 12.4. The summed E-state index contributed by atoms with van der Waals surface area (Å²) >= 11 is 0. The van der Waals surface area contributed by atoms with Crippen molar-refractivity contribution in [3.8, 4) is 17.0 Å². The number of nitrogen functional groups attached to an aromatic ring is 2. The van der Waals surface area contributed by atoms with E-state index in [0.29, 0.717) is 28.3 Å². The summed E-state index contributed by atoms with van der Waals surface area (Å²) in [5, 5.41) is 28.3. The number of carbonyl (C=O) groups excluding carboxylic acids is 1. The van der Waals surface area contributed by atoms with E-state index in [1.165, 1.54) is 11.0 Å². The second-order valence-electron chi connectivity index (χ2n) is 11.3. The van der Waals surface area contributed by atoms with E-state index >= 15 is 0 Å². The number of aliphatic carboxylic acids is 2. The van der Waals surface area contributed by atoms with Crippen LogP contribution in [0, 0.1) is 5.41 Å². The maximum atomic E-state index is 13.5. The number of amidine groups is 1. The minimum Gasteiger partial charge on any atom is -0.490 e. The summed E-state index contributed by atoms with van der Waals surface area (Å²) in [6, 6.07) is 12.4. The fourth-order valence-electron chi connectivity index (χ4n) is 4.66. The molecule has 0 bridgehead atoms. The zero-order valence-electron chi connectivity index (χ0n) is 27.2. The number of benzene rings is 2. The van der Waals surface area contributed by atoms with Crippen LogP contribution < -0.4 is 32.4 Å². The molecule has 1 heterocycles. The van der Waals surface area contributed by atoms with Crippen LogP contribution in [0.15, 0.2) is 53.5 Å². The number of nitrogens with zero attached hydrogens (tertiary/aromatic N) is 2. The van der Waals surface area contributed by atoms with Crippen molar-refractivity contribution in [3.63, 3.8) is 0 Å². The number of hydrogen-bond acceptors (Lipinski definition) is 9. The Bertz CT molecular complexity index is 1560. The van der Waals surface area contributed by atoms with Crippen LogP contribution in [-0.4, -0.2) is 55.6 Å². The molecule has 2 aromatic carbocycles. The molecule has 9 N–H and O–H groups in total. The first kappa shape index (κ1) is 37.8. The largest absolute Gasteiger partial charge is 0.490 e. The molecule has 1 aliphatic carbocycles. The van der Waals surface area contributed by atoms with Crippen molar-refractivity contribution in [3.05, 3.63) is 70.1 Å². The summed E-state index contributed by atoms with van der Waals surface area (Å²) in [7, 11) is 0. The van der Waals surface area contributed by atoms with E-state index in [2.05, 4.69) is 15.6 Å². The van der Waals surface area contributed by atoms with Crippen LogP contribution in [0.3, 0.4) is 0 Å². The van der Waals surface area contributed by atoms with Gasteiger partial charge in [0.05, 0.1) is 18.0 Å². The Morgan fingerprint density at radius 1 is 1.04 bits per heavy atom. The molecule has 1 aliphatic rings. The molecule has 1 fully saturated rings. The second kappa shape index (κ2) is 18.5. The zero-order valence-corrected chi connectivity index (χ0v) is 27.2. The van der Waals surface area contributed by atoms with E-state index in [4.69, 9.17) is 41.4 Å². The van der Waals surface area contributed by atoms with E-state index < -0.39 is 17.5 Å². The molecular formula is C33H45N7O7. The van der Waals surface area contributed by atoms with Crippen LogP contribution >= 0.6 is 0 Å². The number of aromatic nitrogens is 2. The molecule has 1 amide bonds.